The normalized spacial score (nSPS) is 10.6. The Kier molecular flexibility index (Phi) is 4.28. The fourth-order valence-corrected chi connectivity index (χ4v) is 2.23. The molecule has 0 aliphatic rings. The van der Waals surface area contributed by atoms with Crippen molar-refractivity contribution in [3.8, 4) is 5.75 Å². The minimum Gasteiger partial charge on any atom is -0.497 e. The lowest BCUT2D eigenvalue weighted by atomic mass is 10.2. The summed E-state index contributed by atoms with van der Waals surface area (Å²) < 4.78 is 15.4. The maximum absolute atomic E-state index is 12.1. The highest BCUT2D eigenvalue weighted by molar-refractivity contribution is 6.05. The number of esters is 1. The van der Waals surface area contributed by atoms with Crippen LogP contribution in [0, 0.1) is 6.92 Å². The van der Waals surface area contributed by atoms with Crippen molar-refractivity contribution >= 4 is 28.6 Å². The van der Waals surface area contributed by atoms with Gasteiger partial charge in [0.05, 0.1) is 13.7 Å². The molecule has 0 atom stereocenters. The summed E-state index contributed by atoms with van der Waals surface area (Å²) in [4.78, 5) is 20.6. The highest BCUT2D eigenvalue weighted by Gasteiger charge is 2.23. The number of aryl methyl sites for hydroxylation is 1. The number of carbonyl (C=O) groups is 1. The third-order valence-corrected chi connectivity index (χ3v) is 3.25. The summed E-state index contributed by atoms with van der Waals surface area (Å²) in [7, 11) is 1.59. The molecular formula is C16H16N4O4. The standard InChI is InChI=1S/C16H16N4O4/c1-4-23-16(21)13-12-14(17-9(2)18-15(12)24-20-13)19-10-6-5-7-11(8-10)22-3/h5-8H,4H2,1-3H3,(H,17,18,19). The number of methoxy groups -OCH3 is 1. The Bertz CT molecular complexity index is 891. The zero-order valence-electron chi connectivity index (χ0n) is 13.5. The van der Waals surface area contributed by atoms with E-state index in [-0.39, 0.29) is 18.0 Å². The van der Waals surface area contributed by atoms with Crippen LogP contribution in [0.15, 0.2) is 28.8 Å². The van der Waals surface area contributed by atoms with E-state index < -0.39 is 5.97 Å². The predicted octanol–water partition coefficient (Wildman–Crippen LogP) is 2.86. The van der Waals surface area contributed by atoms with Crippen molar-refractivity contribution < 1.29 is 18.8 Å². The first-order valence-corrected chi connectivity index (χ1v) is 7.34. The zero-order chi connectivity index (χ0) is 17.1. The van der Waals surface area contributed by atoms with Gasteiger partial charge in [0.25, 0.3) is 5.71 Å². The number of hydrogen-bond donors (Lipinski definition) is 1. The molecule has 1 aromatic carbocycles. The summed E-state index contributed by atoms with van der Waals surface area (Å²) in [6.45, 7) is 3.68. The third kappa shape index (κ3) is 2.98. The van der Waals surface area contributed by atoms with Gasteiger partial charge in [0.15, 0.2) is 0 Å². The number of anilines is 2. The van der Waals surface area contributed by atoms with Gasteiger partial charge in [-0.2, -0.15) is 4.98 Å². The first-order valence-electron chi connectivity index (χ1n) is 7.34. The minimum atomic E-state index is -0.586. The van der Waals surface area contributed by atoms with E-state index in [1.54, 1.807) is 27.0 Å². The minimum absolute atomic E-state index is 0.0391. The van der Waals surface area contributed by atoms with Gasteiger partial charge < -0.3 is 19.3 Å². The molecule has 0 aliphatic carbocycles. The van der Waals surface area contributed by atoms with Gasteiger partial charge in [-0.15, -0.1) is 0 Å². The van der Waals surface area contributed by atoms with Crippen molar-refractivity contribution in [1.29, 1.82) is 0 Å². The maximum atomic E-state index is 12.1. The summed E-state index contributed by atoms with van der Waals surface area (Å²) in [5.41, 5.74) is 0.998. The summed E-state index contributed by atoms with van der Waals surface area (Å²) in [6, 6.07) is 7.33. The molecule has 0 saturated carbocycles. The number of nitrogens with one attached hydrogen (secondary N) is 1. The van der Waals surface area contributed by atoms with Crippen LogP contribution >= 0.6 is 0 Å². The number of benzene rings is 1. The molecule has 2 aromatic heterocycles. The van der Waals surface area contributed by atoms with Gasteiger partial charge in [0, 0.05) is 11.8 Å². The molecule has 8 heteroatoms. The van der Waals surface area contributed by atoms with E-state index in [0.29, 0.717) is 22.8 Å². The Morgan fingerprint density at radius 3 is 2.92 bits per heavy atom. The van der Waals surface area contributed by atoms with Crippen LogP contribution in [-0.4, -0.2) is 34.8 Å². The van der Waals surface area contributed by atoms with Gasteiger partial charge in [-0.1, -0.05) is 11.2 Å². The van der Waals surface area contributed by atoms with Crippen molar-refractivity contribution in [2.75, 3.05) is 19.0 Å². The molecule has 0 fully saturated rings. The summed E-state index contributed by atoms with van der Waals surface area (Å²) >= 11 is 0. The Hall–Kier alpha value is -3.16. The van der Waals surface area contributed by atoms with Crippen molar-refractivity contribution in [2.45, 2.75) is 13.8 Å². The Morgan fingerprint density at radius 1 is 1.33 bits per heavy atom. The van der Waals surface area contributed by atoms with E-state index in [1.165, 1.54) is 0 Å². The quantitative estimate of drug-likeness (QED) is 0.714. The smallest absolute Gasteiger partial charge is 0.361 e. The average molecular weight is 328 g/mol. The molecule has 0 radical (unpaired) electrons. The fraction of sp³-hybridized carbons (Fsp3) is 0.250. The molecule has 2 heterocycles. The topological polar surface area (TPSA) is 99.4 Å². The van der Waals surface area contributed by atoms with Crippen LogP contribution in [0.4, 0.5) is 11.5 Å². The van der Waals surface area contributed by atoms with Gasteiger partial charge in [-0.25, -0.2) is 9.78 Å². The average Bonchev–Trinajstić information content (AvgIpc) is 2.99. The number of hydrogen-bond acceptors (Lipinski definition) is 8. The highest BCUT2D eigenvalue weighted by Crippen LogP contribution is 2.28. The van der Waals surface area contributed by atoms with Gasteiger partial charge in [0.1, 0.15) is 22.8 Å². The predicted molar refractivity (Wildman–Crippen MR) is 86.6 cm³/mol. The fourth-order valence-electron chi connectivity index (χ4n) is 2.23. The van der Waals surface area contributed by atoms with Gasteiger partial charge in [0.2, 0.25) is 5.69 Å². The van der Waals surface area contributed by atoms with Crippen LogP contribution in [0.3, 0.4) is 0 Å². The Labute approximate surface area is 137 Å². The molecule has 0 amide bonds. The molecule has 0 unspecified atom stereocenters. The Balaban J connectivity index is 2.08. The number of nitrogens with zero attached hydrogens (tertiary/aromatic N) is 3. The second-order valence-electron chi connectivity index (χ2n) is 4.91. The second-order valence-corrected chi connectivity index (χ2v) is 4.91. The number of ether oxygens (including phenoxy) is 2. The van der Waals surface area contributed by atoms with E-state index in [0.717, 1.165) is 5.69 Å². The first-order chi connectivity index (χ1) is 11.6. The van der Waals surface area contributed by atoms with Crippen molar-refractivity contribution in [3.05, 3.63) is 35.8 Å². The molecule has 124 valence electrons. The number of aromatic nitrogens is 3. The van der Waals surface area contributed by atoms with E-state index in [4.69, 9.17) is 14.0 Å². The van der Waals surface area contributed by atoms with Crippen LogP contribution in [0.25, 0.3) is 11.1 Å². The van der Waals surface area contributed by atoms with Gasteiger partial charge >= 0.3 is 5.97 Å². The van der Waals surface area contributed by atoms with Crippen molar-refractivity contribution in [2.24, 2.45) is 0 Å². The lowest BCUT2D eigenvalue weighted by molar-refractivity contribution is 0.0517. The van der Waals surface area contributed by atoms with Crippen LogP contribution < -0.4 is 10.1 Å². The summed E-state index contributed by atoms with van der Waals surface area (Å²) in [6.07, 6.45) is 0. The monoisotopic (exact) mass is 328 g/mol. The molecule has 0 bridgehead atoms. The first kappa shape index (κ1) is 15.7. The number of fused-ring (bicyclic) bond motifs is 1. The lowest BCUT2D eigenvalue weighted by Crippen LogP contribution is -2.07. The Morgan fingerprint density at radius 2 is 2.17 bits per heavy atom. The molecule has 8 nitrogen and oxygen atoms in total. The van der Waals surface area contributed by atoms with Crippen LogP contribution in [0.2, 0.25) is 0 Å². The molecule has 24 heavy (non-hydrogen) atoms. The largest absolute Gasteiger partial charge is 0.497 e. The molecule has 0 saturated heterocycles. The van der Waals surface area contributed by atoms with Crippen molar-refractivity contribution in [3.63, 3.8) is 0 Å². The molecular weight excluding hydrogens is 312 g/mol. The van der Waals surface area contributed by atoms with E-state index in [9.17, 15) is 4.79 Å². The molecule has 0 aliphatic heterocycles. The van der Waals surface area contributed by atoms with E-state index in [2.05, 4.69) is 20.4 Å². The number of rotatable bonds is 5. The van der Waals surface area contributed by atoms with Crippen molar-refractivity contribution in [1.82, 2.24) is 15.1 Å². The maximum Gasteiger partial charge on any atom is 0.361 e. The second kappa shape index (κ2) is 6.53. The summed E-state index contributed by atoms with van der Waals surface area (Å²) in [5.74, 6) is 1.00. The third-order valence-electron chi connectivity index (χ3n) is 3.25. The van der Waals surface area contributed by atoms with Crippen LogP contribution in [0.1, 0.15) is 23.2 Å². The molecule has 1 N–H and O–H groups in total. The van der Waals surface area contributed by atoms with Crippen LogP contribution in [-0.2, 0) is 4.74 Å². The lowest BCUT2D eigenvalue weighted by Gasteiger charge is -2.09. The van der Waals surface area contributed by atoms with Gasteiger partial charge in [-0.3, -0.25) is 0 Å². The highest BCUT2D eigenvalue weighted by atomic mass is 16.5. The number of carbonyl (C=O) groups excluding carboxylic acids is 1. The SMILES string of the molecule is CCOC(=O)c1noc2nc(C)nc(Nc3cccc(OC)c3)c12. The van der Waals surface area contributed by atoms with Gasteiger partial charge in [-0.05, 0) is 26.0 Å². The van der Waals surface area contributed by atoms with Crippen LogP contribution in [0.5, 0.6) is 5.75 Å². The summed E-state index contributed by atoms with van der Waals surface area (Å²) in [5, 5.41) is 7.30. The molecule has 3 rings (SSSR count). The zero-order valence-corrected chi connectivity index (χ0v) is 13.5. The van der Waals surface area contributed by atoms with E-state index in [1.807, 2.05) is 18.2 Å². The molecule has 3 aromatic rings. The molecule has 0 spiro atoms. The van der Waals surface area contributed by atoms with E-state index >= 15 is 0 Å².